The minimum Gasteiger partial charge on any atom is -0.352 e. The van der Waals surface area contributed by atoms with E-state index in [0.717, 1.165) is 24.8 Å². The molecule has 1 saturated heterocycles. The maximum absolute atomic E-state index is 12.6. The second-order valence-electron chi connectivity index (χ2n) is 6.59. The molecule has 3 unspecified atom stereocenters. The van der Waals surface area contributed by atoms with Gasteiger partial charge in [0.15, 0.2) is 0 Å². The van der Waals surface area contributed by atoms with Gasteiger partial charge in [-0.3, -0.25) is 9.59 Å². The predicted octanol–water partition coefficient (Wildman–Crippen LogP) is 2.77. The van der Waals surface area contributed by atoms with Gasteiger partial charge in [-0.1, -0.05) is 50.6 Å². The Morgan fingerprint density at radius 2 is 1.96 bits per heavy atom. The van der Waals surface area contributed by atoms with Crippen LogP contribution in [-0.4, -0.2) is 35.3 Å². The minimum absolute atomic E-state index is 0.00304. The molecule has 0 saturated carbocycles. The molecule has 1 aliphatic rings. The van der Waals surface area contributed by atoms with Crippen molar-refractivity contribution in [2.24, 2.45) is 5.92 Å². The number of carbonyl (C=O) groups excluding carboxylic acids is 2. The number of hydrogen-bond acceptors (Lipinski definition) is 2. The monoisotopic (exact) mass is 316 g/mol. The third-order valence-corrected chi connectivity index (χ3v) is 4.94. The molecule has 1 heterocycles. The summed E-state index contributed by atoms with van der Waals surface area (Å²) in [4.78, 5) is 26.8. The zero-order chi connectivity index (χ0) is 16.8. The Morgan fingerprint density at radius 1 is 1.26 bits per heavy atom. The number of benzene rings is 1. The average Bonchev–Trinajstić information content (AvgIpc) is 3.04. The summed E-state index contributed by atoms with van der Waals surface area (Å²) in [5.74, 6) is 0.482. The van der Waals surface area contributed by atoms with Crippen LogP contribution in [0.1, 0.15) is 45.6 Å². The first-order valence-corrected chi connectivity index (χ1v) is 8.66. The molecule has 0 radical (unpaired) electrons. The van der Waals surface area contributed by atoms with Gasteiger partial charge in [0.2, 0.25) is 11.8 Å². The van der Waals surface area contributed by atoms with Crippen LogP contribution < -0.4 is 5.32 Å². The Labute approximate surface area is 139 Å². The normalized spacial score (nSPS) is 20.1. The first kappa shape index (κ1) is 17.5. The van der Waals surface area contributed by atoms with Gasteiger partial charge in [0.25, 0.3) is 0 Å². The second-order valence-corrected chi connectivity index (χ2v) is 6.59. The first-order chi connectivity index (χ1) is 11.0. The van der Waals surface area contributed by atoms with Crippen LogP contribution in [0.15, 0.2) is 30.3 Å². The molecule has 1 aromatic rings. The van der Waals surface area contributed by atoms with Crippen LogP contribution in [0, 0.1) is 5.92 Å². The van der Waals surface area contributed by atoms with E-state index in [2.05, 4.69) is 19.2 Å². The molecule has 1 fully saturated rings. The van der Waals surface area contributed by atoms with Crippen molar-refractivity contribution in [2.75, 3.05) is 6.54 Å². The third kappa shape index (κ3) is 4.57. The second kappa shape index (κ2) is 8.14. The zero-order valence-electron chi connectivity index (χ0n) is 14.4. The molecular formula is C19H28N2O2. The van der Waals surface area contributed by atoms with Crippen LogP contribution in [-0.2, 0) is 16.0 Å². The Bertz CT molecular complexity index is 529. The van der Waals surface area contributed by atoms with Gasteiger partial charge >= 0.3 is 0 Å². The van der Waals surface area contributed by atoms with E-state index < -0.39 is 0 Å². The topological polar surface area (TPSA) is 49.4 Å². The van der Waals surface area contributed by atoms with Crippen LogP contribution in [0.3, 0.4) is 0 Å². The van der Waals surface area contributed by atoms with Crippen molar-refractivity contribution in [3.8, 4) is 0 Å². The van der Waals surface area contributed by atoms with Gasteiger partial charge in [-0.05, 0) is 31.2 Å². The van der Waals surface area contributed by atoms with E-state index in [1.807, 2.05) is 37.3 Å². The summed E-state index contributed by atoms with van der Waals surface area (Å²) in [5, 5.41) is 3.09. The number of amides is 2. The number of nitrogens with one attached hydrogen (secondary N) is 1. The zero-order valence-corrected chi connectivity index (χ0v) is 14.4. The van der Waals surface area contributed by atoms with E-state index in [-0.39, 0.29) is 23.9 Å². The Kier molecular flexibility index (Phi) is 6.20. The molecular weight excluding hydrogens is 288 g/mol. The van der Waals surface area contributed by atoms with E-state index >= 15 is 0 Å². The van der Waals surface area contributed by atoms with Crippen molar-refractivity contribution in [3.05, 3.63) is 35.9 Å². The Hall–Kier alpha value is -1.84. The fourth-order valence-electron chi connectivity index (χ4n) is 3.03. The van der Waals surface area contributed by atoms with Gasteiger partial charge in [-0.2, -0.15) is 0 Å². The molecule has 0 spiro atoms. The summed E-state index contributed by atoms with van der Waals surface area (Å²) in [5.41, 5.74) is 0.997. The molecule has 126 valence electrons. The molecule has 0 aliphatic carbocycles. The van der Waals surface area contributed by atoms with E-state index in [0.29, 0.717) is 18.9 Å². The molecule has 4 heteroatoms. The predicted molar refractivity (Wildman–Crippen MR) is 91.9 cm³/mol. The molecule has 0 aromatic heterocycles. The lowest BCUT2D eigenvalue weighted by molar-refractivity contribution is -0.138. The highest BCUT2D eigenvalue weighted by atomic mass is 16.2. The highest BCUT2D eigenvalue weighted by Gasteiger charge is 2.34. The lowest BCUT2D eigenvalue weighted by atomic mass is 10.0. The van der Waals surface area contributed by atoms with Crippen LogP contribution in [0.25, 0.3) is 0 Å². The molecule has 3 atom stereocenters. The molecule has 1 aromatic carbocycles. The van der Waals surface area contributed by atoms with Crippen LogP contribution in [0.2, 0.25) is 0 Å². The van der Waals surface area contributed by atoms with Crippen LogP contribution in [0.4, 0.5) is 0 Å². The summed E-state index contributed by atoms with van der Waals surface area (Å²) >= 11 is 0. The number of carbonyl (C=O) groups is 2. The highest BCUT2D eigenvalue weighted by Crippen LogP contribution is 2.20. The molecule has 2 rings (SSSR count). The SMILES string of the molecule is CCC(C)C(C)NC(=O)C1CCCN1C(=O)Cc1ccccc1. The number of rotatable bonds is 6. The van der Waals surface area contributed by atoms with E-state index in [1.54, 1.807) is 4.90 Å². The fraction of sp³-hybridized carbons (Fsp3) is 0.579. The maximum atomic E-state index is 12.6. The van der Waals surface area contributed by atoms with Crippen molar-refractivity contribution < 1.29 is 9.59 Å². The highest BCUT2D eigenvalue weighted by molar-refractivity contribution is 5.89. The summed E-state index contributed by atoms with van der Waals surface area (Å²) in [6, 6.07) is 9.55. The third-order valence-electron chi connectivity index (χ3n) is 4.94. The smallest absolute Gasteiger partial charge is 0.243 e. The molecule has 0 bridgehead atoms. The van der Waals surface area contributed by atoms with E-state index in [1.165, 1.54) is 0 Å². The van der Waals surface area contributed by atoms with Crippen molar-refractivity contribution in [1.82, 2.24) is 10.2 Å². The largest absolute Gasteiger partial charge is 0.352 e. The fourth-order valence-corrected chi connectivity index (χ4v) is 3.03. The summed E-state index contributed by atoms with van der Waals surface area (Å²) in [6.07, 6.45) is 3.06. The Balaban J connectivity index is 1.96. The summed E-state index contributed by atoms with van der Waals surface area (Å²) < 4.78 is 0. The van der Waals surface area contributed by atoms with Gasteiger partial charge in [0.1, 0.15) is 6.04 Å². The van der Waals surface area contributed by atoms with Crippen LogP contribution in [0.5, 0.6) is 0 Å². The molecule has 23 heavy (non-hydrogen) atoms. The molecule has 4 nitrogen and oxygen atoms in total. The van der Waals surface area contributed by atoms with Crippen molar-refractivity contribution in [1.29, 1.82) is 0 Å². The van der Waals surface area contributed by atoms with Gasteiger partial charge in [-0.25, -0.2) is 0 Å². The van der Waals surface area contributed by atoms with Crippen molar-refractivity contribution in [3.63, 3.8) is 0 Å². The Morgan fingerprint density at radius 3 is 2.61 bits per heavy atom. The lowest BCUT2D eigenvalue weighted by Gasteiger charge is -2.27. The molecule has 2 amide bonds. The molecule has 1 N–H and O–H groups in total. The average molecular weight is 316 g/mol. The summed E-state index contributed by atoms with van der Waals surface area (Å²) in [7, 11) is 0. The van der Waals surface area contributed by atoms with Crippen LogP contribution >= 0.6 is 0 Å². The van der Waals surface area contributed by atoms with Gasteiger partial charge in [0.05, 0.1) is 6.42 Å². The molecule has 1 aliphatic heterocycles. The van der Waals surface area contributed by atoms with Gasteiger partial charge < -0.3 is 10.2 Å². The number of nitrogens with zero attached hydrogens (tertiary/aromatic N) is 1. The van der Waals surface area contributed by atoms with Crippen molar-refractivity contribution in [2.45, 2.75) is 58.5 Å². The van der Waals surface area contributed by atoms with Gasteiger partial charge in [0, 0.05) is 12.6 Å². The standard InChI is InChI=1S/C19H28N2O2/c1-4-14(2)15(3)20-19(23)17-11-8-12-21(17)18(22)13-16-9-6-5-7-10-16/h5-7,9-10,14-15,17H,4,8,11-13H2,1-3H3,(H,20,23). The van der Waals surface area contributed by atoms with E-state index in [9.17, 15) is 9.59 Å². The van der Waals surface area contributed by atoms with Gasteiger partial charge in [-0.15, -0.1) is 0 Å². The number of likely N-dealkylation sites (tertiary alicyclic amines) is 1. The first-order valence-electron chi connectivity index (χ1n) is 8.66. The van der Waals surface area contributed by atoms with Crippen molar-refractivity contribution >= 4 is 11.8 Å². The van der Waals surface area contributed by atoms with E-state index in [4.69, 9.17) is 0 Å². The maximum Gasteiger partial charge on any atom is 0.243 e. The quantitative estimate of drug-likeness (QED) is 0.877. The lowest BCUT2D eigenvalue weighted by Crippen LogP contribution is -2.49. The summed E-state index contributed by atoms with van der Waals surface area (Å²) in [6.45, 7) is 6.98. The number of hydrogen-bond donors (Lipinski definition) is 1. The minimum atomic E-state index is -0.308.